The van der Waals surface area contributed by atoms with Crippen molar-refractivity contribution in [3.05, 3.63) is 71.3 Å². The maximum Gasteiger partial charge on any atom is 0.326 e. The Kier molecular flexibility index (Phi) is 4.28. The minimum atomic E-state index is -1.03. The molecule has 1 heterocycles. The van der Waals surface area contributed by atoms with E-state index in [1.165, 1.54) is 0 Å². The predicted molar refractivity (Wildman–Crippen MR) is 85.8 cm³/mol. The average molecular weight is 310 g/mol. The van der Waals surface area contributed by atoms with Crippen molar-refractivity contribution < 1.29 is 14.7 Å². The number of rotatable bonds is 4. The summed E-state index contributed by atoms with van der Waals surface area (Å²) in [6.45, 7) is 1.03. The summed E-state index contributed by atoms with van der Waals surface area (Å²) in [5.41, 5.74) is 3.10. The number of aliphatic carboxylic acids is 1. The lowest BCUT2D eigenvalue weighted by atomic mass is 10.1. The monoisotopic (exact) mass is 310 g/mol. The fourth-order valence-electron chi connectivity index (χ4n) is 2.77. The minimum Gasteiger partial charge on any atom is -0.480 e. The second kappa shape index (κ2) is 6.52. The molecule has 23 heavy (non-hydrogen) atoms. The SMILES string of the molecule is O=C(O)C(Cc1ccccc1)NC(=O)N1Cc2ccccc2C1. The number of hydrogen-bond acceptors (Lipinski definition) is 2. The van der Waals surface area contributed by atoms with Gasteiger partial charge in [0.1, 0.15) is 6.04 Å². The molecule has 0 bridgehead atoms. The highest BCUT2D eigenvalue weighted by atomic mass is 16.4. The maximum absolute atomic E-state index is 12.4. The van der Waals surface area contributed by atoms with E-state index in [-0.39, 0.29) is 12.5 Å². The molecule has 2 amide bonds. The number of carbonyl (C=O) groups excluding carboxylic acids is 1. The van der Waals surface area contributed by atoms with Crippen molar-refractivity contribution in [2.45, 2.75) is 25.6 Å². The zero-order valence-electron chi connectivity index (χ0n) is 12.6. The maximum atomic E-state index is 12.4. The summed E-state index contributed by atoms with van der Waals surface area (Å²) in [6.07, 6.45) is 0.267. The lowest BCUT2D eigenvalue weighted by Gasteiger charge is -2.20. The highest BCUT2D eigenvalue weighted by Crippen LogP contribution is 2.22. The zero-order chi connectivity index (χ0) is 16.2. The van der Waals surface area contributed by atoms with Gasteiger partial charge in [-0.25, -0.2) is 9.59 Å². The Bertz CT molecular complexity index is 690. The van der Waals surface area contributed by atoms with Crippen molar-refractivity contribution in [3.8, 4) is 0 Å². The van der Waals surface area contributed by atoms with Crippen LogP contribution >= 0.6 is 0 Å². The van der Waals surface area contributed by atoms with E-state index in [9.17, 15) is 14.7 Å². The average Bonchev–Trinajstić information content (AvgIpc) is 2.99. The summed E-state index contributed by atoms with van der Waals surface area (Å²) >= 11 is 0. The molecule has 1 atom stereocenters. The fourth-order valence-corrected chi connectivity index (χ4v) is 2.77. The topological polar surface area (TPSA) is 69.6 Å². The van der Waals surface area contributed by atoms with E-state index in [0.717, 1.165) is 16.7 Å². The highest BCUT2D eigenvalue weighted by Gasteiger charge is 2.27. The molecular formula is C18H18N2O3. The molecule has 5 heteroatoms. The van der Waals surface area contributed by atoms with Gasteiger partial charge in [-0.1, -0.05) is 54.6 Å². The molecule has 2 N–H and O–H groups in total. The Morgan fingerprint density at radius 1 is 1.00 bits per heavy atom. The van der Waals surface area contributed by atoms with E-state index in [0.29, 0.717) is 13.1 Å². The number of amides is 2. The van der Waals surface area contributed by atoms with Gasteiger partial charge in [0.05, 0.1) is 0 Å². The molecule has 5 nitrogen and oxygen atoms in total. The van der Waals surface area contributed by atoms with Gasteiger partial charge in [-0.15, -0.1) is 0 Å². The third-order valence-corrected chi connectivity index (χ3v) is 4.01. The Labute approximate surface area is 134 Å². The van der Waals surface area contributed by atoms with Crippen LogP contribution in [0.2, 0.25) is 0 Å². The Morgan fingerprint density at radius 3 is 2.13 bits per heavy atom. The number of nitrogens with one attached hydrogen (secondary N) is 1. The molecule has 2 aromatic rings. The minimum absolute atomic E-state index is 0.267. The van der Waals surface area contributed by atoms with E-state index >= 15 is 0 Å². The summed E-state index contributed by atoms with van der Waals surface area (Å²) in [5.74, 6) is -1.03. The van der Waals surface area contributed by atoms with Gasteiger partial charge < -0.3 is 15.3 Å². The summed E-state index contributed by atoms with van der Waals surface area (Å²) in [6, 6.07) is 15.9. The molecule has 0 saturated heterocycles. The van der Waals surface area contributed by atoms with E-state index in [4.69, 9.17) is 0 Å². The molecule has 0 saturated carbocycles. The quantitative estimate of drug-likeness (QED) is 0.911. The molecule has 2 aromatic carbocycles. The van der Waals surface area contributed by atoms with Gasteiger partial charge >= 0.3 is 12.0 Å². The first-order valence-corrected chi connectivity index (χ1v) is 7.52. The van der Waals surface area contributed by atoms with Gasteiger partial charge in [-0.2, -0.15) is 0 Å². The third kappa shape index (κ3) is 3.51. The Balaban J connectivity index is 1.65. The lowest BCUT2D eigenvalue weighted by Crippen LogP contribution is -2.47. The summed E-state index contributed by atoms with van der Waals surface area (Å²) in [7, 11) is 0. The van der Waals surface area contributed by atoms with Gasteiger partial charge in [0, 0.05) is 19.5 Å². The zero-order valence-corrected chi connectivity index (χ0v) is 12.6. The largest absolute Gasteiger partial charge is 0.480 e. The van der Waals surface area contributed by atoms with Gasteiger partial charge in [-0.05, 0) is 16.7 Å². The van der Waals surface area contributed by atoms with Crippen molar-refractivity contribution in [1.82, 2.24) is 10.2 Å². The van der Waals surface area contributed by atoms with Crippen LogP contribution in [0.25, 0.3) is 0 Å². The molecule has 0 aromatic heterocycles. The third-order valence-electron chi connectivity index (χ3n) is 4.01. The first-order valence-electron chi connectivity index (χ1n) is 7.52. The van der Waals surface area contributed by atoms with Crippen LogP contribution in [0, 0.1) is 0 Å². The van der Waals surface area contributed by atoms with Gasteiger partial charge in [0.25, 0.3) is 0 Å². The van der Waals surface area contributed by atoms with Gasteiger partial charge in [0.15, 0.2) is 0 Å². The number of carbonyl (C=O) groups is 2. The van der Waals surface area contributed by atoms with Gasteiger partial charge in [0.2, 0.25) is 0 Å². The number of hydrogen-bond donors (Lipinski definition) is 2. The van der Waals surface area contributed by atoms with Crippen LogP contribution in [0.3, 0.4) is 0 Å². The molecule has 0 spiro atoms. The second-order valence-corrected chi connectivity index (χ2v) is 5.65. The summed E-state index contributed by atoms with van der Waals surface area (Å²) in [5, 5.41) is 12.0. The smallest absolute Gasteiger partial charge is 0.326 e. The van der Waals surface area contributed by atoms with Crippen molar-refractivity contribution in [1.29, 1.82) is 0 Å². The fraction of sp³-hybridized carbons (Fsp3) is 0.222. The molecule has 0 aliphatic carbocycles. The molecule has 1 unspecified atom stereocenters. The Morgan fingerprint density at radius 2 is 1.57 bits per heavy atom. The van der Waals surface area contributed by atoms with E-state index in [1.807, 2.05) is 54.6 Å². The normalized spacial score (nSPS) is 14.2. The summed E-state index contributed by atoms with van der Waals surface area (Å²) < 4.78 is 0. The number of nitrogens with zero attached hydrogens (tertiary/aromatic N) is 1. The Hall–Kier alpha value is -2.82. The number of carboxylic acids is 1. The van der Waals surface area contributed by atoms with E-state index in [2.05, 4.69) is 5.32 Å². The van der Waals surface area contributed by atoms with Crippen molar-refractivity contribution in [3.63, 3.8) is 0 Å². The summed E-state index contributed by atoms with van der Waals surface area (Å²) in [4.78, 5) is 25.4. The van der Waals surface area contributed by atoms with Crippen LogP contribution in [-0.4, -0.2) is 28.0 Å². The number of fused-ring (bicyclic) bond motifs is 1. The molecule has 0 radical (unpaired) electrons. The number of carboxylic acid groups (broad SMARTS) is 1. The standard InChI is InChI=1S/C18H18N2O3/c21-17(22)16(10-13-6-2-1-3-7-13)19-18(23)20-11-14-8-4-5-9-15(14)12-20/h1-9,16H,10-12H2,(H,19,23)(H,21,22). The number of benzene rings is 2. The molecule has 1 aliphatic rings. The molecule has 3 rings (SSSR count). The predicted octanol–water partition coefficient (Wildman–Crippen LogP) is 2.41. The lowest BCUT2D eigenvalue weighted by molar-refractivity contribution is -0.139. The second-order valence-electron chi connectivity index (χ2n) is 5.65. The first kappa shape index (κ1) is 15.1. The van der Waals surface area contributed by atoms with Crippen LogP contribution in [0.1, 0.15) is 16.7 Å². The van der Waals surface area contributed by atoms with E-state index in [1.54, 1.807) is 4.90 Å². The highest BCUT2D eigenvalue weighted by molar-refractivity contribution is 5.83. The van der Waals surface area contributed by atoms with Crippen molar-refractivity contribution in [2.75, 3.05) is 0 Å². The van der Waals surface area contributed by atoms with Crippen LogP contribution in [0.5, 0.6) is 0 Å². The van der Waals surface area contributed by atoms with Crippen LogP contribution in [-0.2, 0) is 24.3 Å². The van der Waals surface area contributed by atoms with Crippen LogP contribution < -0.4 is 5.32 Å². The van der Waals surface area contributed by atoms with Crippen molar-refractivity contribution >= 4 is 12.0 Å². The molecular weight excluding hydrogens is 292 g/mol. The van der Waals surface area contributed by atoms with Crippen molar-refractivity contribution in [2.24, 2.45) is 0 Å². The molecule has 118 valence electrons. The molecule has 0 fully saturated rings. The molecule has 1 aliphatic heterocycles. The first-order chi connectivity index (χ1) is 11.1. The van der Waals surface area contributed by atoms with E-state index < -0.39 is 12.0 Å². The van der Waals surface area contributed by atoms with Gasteiger partial charge in [-0.3, -0.25) is 0 Å². The number of urea groups is 1. The van der Waals surface area contributed by atoms with Crippen LogP contribution in [0.15, 0.2) is 54.6 Å². The van der Waals surface area contributed by atoms with Crippen LogP contribution in [0.4, 0.5) is 4.79 Å².